The predicted molar refractivity (Wildman–Crippen MR) is 103 cm³/mol. The van der Waals surface area contributed by atoms with Gasteiger partial charge in [-0.05, 0) is 51.2 Å². The second-order valence-electron chi connectivity index (χ2n) is 6.70. The minimum atomic E-state index is -1.95. The Morgan fingerprint density at radius 3 is 2.33 bits per heavy atom. The molecule has 2 aliphatic rings. The van der Waals surface area contributed by atoms with Gasteiger partial charge in [0.1, 0.15) is 0 Å². The second-order valence-corrected chi connectivity index (χ2v) is 9.77. The minimum absolute atomic E-state index is 0.619. The van der Waals surface area contributed by atoms with Gasteiger partial charge in [0.15, 0.2) is 7.51 Å². The highest BCUT2D eigenvalue weighted by Crippen LogP contribution is 2.67. The van der Waals surface area contributed by atoms with E-state index in [2.05, 4.69) is 88.8 Å². The molecule has 0 unspecified atom stereocenters. The molecule has 0 aromatic heterocycles. The summed E-state index contributed by atoms with van der Waals surface area (Å²) in [6.07, 6.45) is 2.57. The SMILES string of the molecule is CN(C)[P@@]1(=Nc2ccccc2)N(c2ccccc2)C[C@@H]2CCCN21. The van der Waals surface area contributed by atoms with E-state index in [1.807, 2.05) is 0 Å². The summed E-state index contributed by atoms with van der Waals surface area (Å²) in [5, 5.41) is 0. The molecular weight excluding hydrogens is 315 g/mol. The van der Waals surface area contributed by atoms with Crippen LogP contribution in [0.5, 0.6) is 0 Å². The molecule has 2 aliphatic heterocycles. The van der Waals surface area contributed by atoms with E-state index in [4.69, 9.17) is 4.74 Å². The van der Waals surface area contributed by atoms with Gasteiger partial charge in [-0.15, -0.1) is 0 Å². The van der Waals surface area contributed by atoms with Gasteiger partial charge in [-0.25, -0.2) is 14.1 Å². The van der Waals surface area contributed by atoms with Gasteiger partial charge in [0.2, 0.25) is 0 Å². The molecule has 2 atom stereocenters. The number of fused-ring (bicyclic) bond motifs is 1. The van der Waals surface area contributed by atoms with Crippen molar-refractivity contribution in [3.05, 3.63) is 60.7 Å². The highest BCUT2D eigenvalue weighted by atomic mass is 31.2. The van der Waals surface area contributed by atoms with E-state index < -0.39 is 7.51 Å². The molecule has 0 bridgehead atoms. The molecule has 4 nitrogen and oxygen atoms in total. The largest absolute Gasteiger partial charge is 0.313 e. The lowest BCUT2D eigenvalue weighted by molar-refractivity contribution is 0.439. The molecule has 0 spiro atoms. The summed E-state index contributed by atoms with van der Waals surface area (Å²) in [5.41, 5.74) is 2.36. The predicted octanol–water partition coefficient (Wildman–Crippen LogP) is 4.81. The summed E-state index contributed by atoms with van der Waals surface area (Å²) in [6, 6.07) is 21.9. The number of nitrogens with zero attached hydrogens (tertiary/aromatic N) is 4. The first-order valence-electron chi connectivity index (χ1n) is 8.67. The standard InChI is InChI=1S/C19H25N4P/c1-21(2)24(20-17-10-5-3-6-11-17)22-15-9-14-19(22)16-23(24)18-12-7-4-8-13-18/h3-8,10-13,19H,9,14-16H2,1-2H3/t19-,24+/m0/s1. The van der Waals surface area contributed by atoms with Crippen molar-refractivity contribution in [1.29, 1.82) is 0 Å². The van der Waals surface area contributed by atoms with Crippen molar-refractivity contribution >= 4 is 18.9 Å². The van der Waals surface area contributed by atoms with Gasteiger partial charge < -0.3 is 4.67 Å². The van der Waals surface area contributed by atoms with Crippen LogP contribution in [0.4, 0.5) is 11.4 Å². The first-order chi connectivity index (χ1) is 11.7. The Labute approximate surface area is 144 Å². The fourth-order valence-electron chi connectivity index (χ4n) is 3.96. The smallest absolute Gasteiger partial charge is 0.197 e. The highest BCUT2D eigenvalue weighted by molar-refractivity contribution is 7.63. The zero-order chi connectivity index (χ0) is 16.6. The molecule has 2 saturated heterocycles. The summed E-state index contributed by atoms with van der Waals surface area (Å²) >= 11 is 0. The third-order valence-corrected chi connectivity index (χ3v) is 8.83. The van der Waals surface area contributed by atoms with E-state index in [0.717, 1.165) is 18.8 Å². The van der Waals surface area contributed by atoms with E-state index >= 15 is 0 Å². The van der Waals surface area contributed by atoms with Crippen molar-refractivity contribution in [1.82, 2.24) is 9.34 Å². The minimum Gasteiger partial charge on any atom is -0.313 e. The molecule has 0 saturated carbocycles. The monoisotopic (exact) mass is 340 g/mol. The van der Waals surface area contributed by atoms with Gasteiger partial charge in [0.25, 0.3) is 0 Å². The molecule has 24 heavy (non-hydrogen) atoms. The van der Waals surface area contributed by atoms with Crippen molar-refractivity contribution < 1.29 is 0 Å². The van der Waals surface area contributed by atoms with Crippen LogP contribution in [0.2, 0.25) is 0 Å². The first kappa shape index (κ1) is 15.9. The maximum absolute atomic E-state index is 5.38. The molecule has 2 heterocycles. The lowest BCUT2D eigenvalue weighted by atomic mass is 10.2. The molecule has 0 amide bonds. The van der Waals surface area contributed by atoms with Crippen molar-refractivity contribution in [2.45, 2.75) is 18.9 Å². The van der Waals surface area contributed by atoms with Gasteiger partial charge in [-0.2, -0.15) is 0 Å². The van der Waals surface area contributed by atoms with Crippen LogP contribution < -0.4 is 4.67 Å². The zero-order valence-electron chi connectivity index (χ0n) is 14.4. The highest BCUT2D eigenvalue weighted by Gasteiger charge is 2.50. The Morgan fingerprint density at radius 2 is 1.67 bits per heavy atom. The summed E-state index contributed by atoms with van der Waals surface area (Å²) < 4.78 is 13.0. The Balaban J connectivity index is 1.91. The van der Waals surface area contributed by atoms with Gasteiger partial charge >= 0.3 is 0 Å². The van der Waals surface area contributed by atoms with E-state index in [1.54, 1.807) is 0 Å². The van der Waals surface area contributed by atoms with E-state index in [0.29, 0.717) is 6.04 Å². The van der Waals surface area contributed by atoms with E-state index in [9.17, 15) is 0 Å². The number of anilines is 1. The van der Waals surface area contributed by atoms with Crippen LogP contribution in [0.1, 0.15) is 12.8 Å². The van der Waals surface area contributed by atoms with Crippen molar-refractivity contribution in [3.8, 4) is 0 Å². The molecule has 126 valence electrons. The Hall–Kier alpha value is -1.61. The third kappa shape index (κ3) is 2.50. The van der Waals surface area contributed by atoms with Crippen LogP contribution in [0.25, 0.3) is 0 Å². The molecular formula is C19H25N4P. The Bertz CT molecular complexity index is 744. The average Bonchev–Trinajstić information content (AvgIpc) is 3.18. The van der Waals surface area contributed by atoms with Gasteiger partial charge in [0, 0.05) is 24.8 Å². The lowest BCUT2D eigenvalue weighted by Crippen LogP contribution is -2.29. The van der Waals surface area contributed by atoms with Crippen molar-refractivity contribution in [2.24, 2.45) is 4.74 Å². The van der Waals surface area contributed by atoms with Gasteiger partial charge in [-0.1, -0.05) is 36.4 Å². The maximum atomic E-state index is 5.38. The first-order valence-corrected chi connectivity index (χ1v) is 10.3. The summed E-state index contributed by atoms with van der Waals surface area (Å²) in [4.78, 5) is 0. The lowest BCUT2D eigenvalue weighted by Gasteiger charge is -2.40. The van der Waals surface area contributed by atoms with Crippen LogP contribution in [0, 0.1) is 0 Å². The van der Waals surface area contributed by atoms with Crippen LogP contribution in [-0.4, -0.2) is 42.6 Å². The molecule has 2 aromatic carbocycles. The van der Waals surface area contributed by atoms with E-state index in [1.165, 1.54) is 18.5 Å². The fraction of sp³-hybridized carbons (Fsp3) is 0.368. The summed E-state index contributed by atoms with van der Waals surface area (Å²) in [5.74, 6) is 0. The number of rotatable bonds is 3. The van der Waals surface area contributed by atoms with Crippen molar-refractivity contribution in [2.75, 3.05) is 31.9 Å². The number of para-hydroxylation sites is 1. The van der Waals surface area contributed by atoms with E-state index in [-0.39, 0.29) is 0 Å². The number of hydrogen-bond donors (Lipinski definition) is 0. The number of hydrogen-bond acceptors (Lipinski definition) is 1. The molecule has 5 heteroatoms. The molecule has 4 rings (SSSR count). The molecule has 0 N–H and O–H groups in total. The molecule has 2 fully saturated rings. The molecule has 2 aromatic rings. The van der Waals surface area contributed by atoms with Crippen LogP contribution in [0.3, 0.4) is 0 Å². The van der Waals surface area contributed by atoms with Crippen molar-refractivity contribution in [3.63, 3.8) is 0 Å². The third-order valence-electron chi connectivity index (χ3n) is 5.00. The van der Waals surface area contributed by atoms with Crippen LogP contribution in [0.15, 0.2) is 65.4 Å². The number of benzene rings is 2. The van der Waals surface area contributed by atoms with Gasteiger partial charge in [0.05, 0.1) is 5.69 Å². The summed E-state index contributed by atoms with van der Waals surface area (Å²) in [6.45, 7) is 2.22. The molecule has 0 radical (unpaired) electrons. The Kier molecular flexibility index (Phi) is 4.21. The quantitative estimate of drug-likeness (QED) is 0.749. The topological polar surface area (TPSA) is 22.1 Å². The average molecular weight is 340 g/mol. The normalized spacial score (nSPS) is 26.8. The van der Waals surface area contributed by atoms with Crippen LogP contribution >= 0.6 is 7.51 Å². The van der Waals surface area contributed by atoms with Crippen LogP contribution in [-0.2, 0) is 0 Å². The zero-order valence-corrected chi connectivity index (χ0v) is 15.3. The second kappa shape index (κ2) is 6.36. The fourth-order valence-corrected chi connectivity index (χ4v) is 7.86. The Morgan fingerprint density at radius 1 is 1.00 bits per heavy atom. The maximum Gasteiger partial charge on any atom is 0.197 e. The summed E-state index contributed by atoms with van der Waals surface area (Å²) in [7, 11) is 2.43. The van der Waals surface area contributed by atoms with Gasteiger partial charge in [-0.3, -0.25) is 0 Å². The molecule has 0 aliphatic carbocycles.